The molecule has 0 amide bonds. The normalized spacial score (nSPS) is 13.4. The van der Waals surface area contributed by atoms with E-state index >= 15 is 0 Å². The zero-order chi connectivity index (χ0) is 13.3. The quantitative estimate of drug-likeness (QED) is 0.944. The van der Waals surface area contributed by atoms with Crippen molar-refractivity contribution in [2.75, 3.05) is 26.4 Å². The summed E-state index contributed by atoms with van der Waals surface area (Å²) in [5.74, 6) is 0.592. The molecule has 1 aromatic heterocycles. The molecule has 2 rings (SSSR count). The minimum Gasteiger partial charge on any atom is -0.369 e. The van der Waals surface area contributed by atoms with E-state index in [1.807, 2.05) is 12.1 Å². The van der Waals surface area contributed by atoms with Crippen molar-refractivity contribution in [1.82, 2.24) is 14.5 Å². The lowest BCUT2D eigenvalue weighted by Crippen LogP contribution is -2.18. The van der Waals surface area contributed by atoms with Gasteiger partial charge in [0.1, 0.15) is 0 Å². The summed E-state index contributed by atoms with van der Waals surface area (Å²) >= 11 is 3.46. The summed E-state index contributed by atoms with van der Waals surface area (Å²) < 4.78 is 3.14. The SMILES string of the molecule is CC(CCN(C)C)n1c(N)nc2cc(Br)ccc21. The molecule has 1 aromatic carbocycles. The Morgan fingerprint density at radius 1 is 1.44 bits per heavy atom. The van der Waals surface area contributed by atoms with Crippen molar-refractivity contribution in [2.45, 2.75) is 19.4 Å². The third-order valence-electron chi connectivity index (χ3n) is 3.11. The van der Waals surface area contributed by atoms with Crippen LogP contribution in [0.15, 0.2) is 22.7 Å². The molecule has 0 saturated carbocycles. The maximum atomic E-state index is 6.03. The van der Waals surface area contributed by atoms with Gasteiger partial charge in [-0.25, -0.2) is 4.98 Å². The van der Waals surface area contributed by atoms with Crippen molar-refractivity contribution in [2.24, 2.45) is 0 Å². The molecule has 0 aliphatic rings. The highest BCUT2D eigenvalue weighted by Crippen LogP contribution is 2.26. The minimum atomic E-state index is 0.346. The van der Waals surface area contributed by atoms with Crippen LogP contribution in [0.3, 0.4) is 0 Å². The Balaban J connectivity index is 2.34. The molecule has 1 atom stereocenters. The van der Waals surface area contributed by atoms with Crippen LogP contribution in [0, 0.1) is 0 Å². The van der Waals surface area contributed by atoms with Crippen LogP contribution in [0.5, 0.6) is 0 Å². The second kappa shape index (κ2) is 5.28. The monoisotopic (exact) mass is 310 g/mol. The van der Waals surface area contributed by atoms with Gasteiger partial charge in [0.2, 0.25) is 5.95 Å². The number of benzene rings is 1. The van der Waals surface area contributed by atoms with Crippen LogP contribution in [0.1, 0.15) is 19.4 Å². The Labute approximate surface area is 116 Å². The lowest BCUT2D eigenvalue weighted by molar-refractivity contribution is 0.362. The Hall–Kier alpha value is -1.07. The number of hydrogen-bond donors (Lipinski definition) is 1. The highest BCUT2D eigenvalue weighted by atomic mass is 79.9. The van der Waals surface area contributed by atoms with Gasteiger partial charge in [0.05, 0.1) is 11.0 Å². The third kappa shape index (κ3) is 2.67. The van der Waals surface area contributed by atoms with Crippen molar-refractivity contribution >= 4 is 32.9 Å². The van der Waals surface area contributed by atoms with E-state index in [0.717, 1.165) is 28.5 Å². The van der Waals surface area contributed by atoms with E-state index in [9.17, 15) is 0 Å². The molecule has 0 radical (unpaired) electrons. The molecule has 4 nitrogen and oxygen atoms in total. The molecule has 18 heavy (non-hydrogen) atoms. The second-order valence-corrected chi connectivity index (χ2v) is 5.83. The number of nitrogens with two attached hydrogens (primary N) is 1. The van der Waals surface area contributed by atoms with Gasteiger partial charge in [0.25, 0.3) is 0 Å². The van der Waals surface area contributed by atoms with Crippen LogP contribution in [-0.4, -0.2) is 35.1 Å². The van der Waals surface area contributed by atoms with Gasteiger partial charge in [-0.15, -0.1) is 0 Å². The average Bonchev–Trinajstić information content (AvgIpc) is 2.61. The molecule has 0 saturated heterocycles. The fourth-order valence-corrected chi connectivity index (χ4v) is 2.48. The zero-order valence-electron chi connectivity index (χ0n) is 11.0. The number of hydrogen-bond acceptors (Lipinski definition) is 3. The standard InChI is InChI=1S/C13H19BrN4/c1-9(6-7-17(2)3)18-12-5-4-10(14)8-11(12)16-13(18)15/h4-5,8-9H,6-7H2,1-3H3,(H2,15,16). The number of aromatic nitrogens is 2. The lowest BCUT2D eigenvalue weighted by Gasteiger charge is -2.18. The Morgan fingerprint density at radius 2 is 2.17 bits per heavy atom. The summed E-state index contributed by atoms with van der Waals surface area (Å²) in [6.45, 7) is 3.22. The van der Waals surface area contributed by atoms with Crippen LogP contribution in [0.4, 0.5) is 5.95 Å². The van der Waals surface area contributed by atoms with E-state index in [0.29, 0.717) is 12.0 Å². The molecule has 0 aliphatic heterocycles. The van der Waals surface area contributed by atoms with Crippen LogP contribution in [-0.2, 0) is 0 Å². The molecular formula is C13H19BrN4. The maximum Gasteiger partial charge on any atom is 0.201 e. The second-order valence-electron chi connectivity index (χ2n) is 4.91. The van der Waals surface area contributed by atoms with Gasteiger partial charge in [-0.2, -0.15) is 0 Å². The molecule has 2 aromatic rings. The fraction of sp³-hybridized carbons (Fsp3) is 0.462. The lowest BCUT2D eigenvalue weighted by atomic mass is 10.2. The predicted octanol–water partition coefficient (Wildman–Crippen LogP) is 2.89. The predicted molar refractivity (Wildman–Crippen MR) is 79.7 cm³/mol. The minimum absolute atomic E-state index is 0.346. The van der Waals surface area contributed by atoms with E-state index in [1.54, 1.807) is 0 Å². The molecule has 0 spiro atoms. The van der Waals surface area contributed by atoms with Crippen LogP contribution < -0.4 is 5.73 Å². The van der Waals surface area contributed by atoms with Crippen molar-refractivity contribution in [3.63, 3.8) is 0 Å². The number of fused-ring (bicyclic) bond motifs is 1. The molecule has 1 unspecified atom stereocenters. The Morgan fingerprint density at radius 3 is 2.83 bits per heavy atom. The molecule has 0 fully saturated rings. The zero-order valence-corrected chi connectivity index (χ0v) is 12.6. The van der Waals surface area contributed by atoms with E-state index in [1.165, 1.54) is 0 Å². The topological polar surface area (TPSA) is 47.1 Å². The van der Waals surface area contributed by atoms with Crippen LogP contribution >= 0.6 is 15.9 Å². The van der Waals surface area contributed by atoms with Crippen LogP contribution in [0.25, 0.3) is 11.0 Å². The van der Waals surface area contributed by atoms with Gasteiger partial charge in [0, 0.05) is 10.5 Å². The summed E-state index contributed by atoms with van der Waals surface area (Å²) in [6.07, 6.45) is 1.05. The van der Waals surface area contributed by atoms with E-state index in [4.69, 9.17) is 5.73 Å². The van der Waals surface area contributed by atoms with Gasteiger partial charge < -0.3 is 15.2 Å². The number of nitrogen functional groups attached to an aromatic ring is 1. The summed E-state index contributed by atoms with van der Waals surface area (Å²) in [6, 6.07) is 6.44. The van der Waals surface area contributed by atoms with Gasteiger partial charge >= 0.3 is 0 Å². The van der Waals surface area contributed by atoms with E-state index in [2.05, 4.69) is 57.5 Å². The van der Waals surface area contributed by atoms with Crippen LogP contribution in [0.2, 0.25) is 0 Å². The van der Waals surface area contributed by atoms with Crippen molar-refractivity contribution in [3.05, 3.63) is 22.7 Å². The summed E-state index contributed by atoms with van der Waals surface area (Å²) in [7, 11) is 4.17. The first-order valence-electron chi connectivity index (χ1n) is 6.06. The molecule has 0 bridgehead atoms. The summed E-state index contributed by atoms with van der Waals surface area (Å²) in [5, 5.41) is 0. The molecule has 0 aliphatic carbocycles. The smallest absolute Gasteiger partial charge is 0.201 e. The largest absolute Gasteiger partial charge is 0.369 e. The fourth-order valence-electron chi connectivity index (χ4n) is 2.13. The van der Waals surface area contributed by atoms with Gasteiger partial charge in [0.15, 0.2) is 0 Å². The number of nitrogens with zero attached hydrogens (tertiary/aromatic N) is 3. The highest BCUT2D eigenvalue weighted by molar-refractivity contribution is 9.10. The molecule has 2 N–H and O–H groups in total. The van der Waals surface area contributed by atoms with Crippen molar-refractivity contribution < 1.29 is 0 Å². The highest BCUT2D eigenvalue weighted by Gasteiger charge is 2.14. The first kappa shape index (κ1) is 13.4. The summed E-state index contributed by atoms with van der Waals surface area (Å²) in [4.78, 5) is 6.60. The number of rotatable bonds is 4. The third-order valence-corrected chi connectivity index (χ3v) is 3.61. The van der Waals surface area contributed by atoms with Crippen molar-refractivity contribution in [3.8, 4) is 0 Å². The number of anilines is 1. The number of imidazole rings is 1. The average molecular weight is 311 g/mol. The van der Waals surface area contributed by atoms with E-state index < -0.39 is 0 Å². The molecule has 1 heterocycles. The maximum absolute atomic E-state index is 6.03. The molecular weight excluding hydrogens is 292 g/mol. The first-order valence-corrected chi connectivity index (χ1v) is 6.86. The molecule has 5 heteroatoms. The van der Waals surface area contributed by atoms with Gasteiger partial charge in [-0.1, -0.05) is 15.9 Å². The van der Waals surface area contributed by atoms with E-state index in [-0.39, 0.29) is 0 Å². The summed E-state index contributed by atoms with van der Waals surface area (Å²) in [5.41, 5.74) is 8.08. The number of halogens is 1. The first-order chi connectivity index (χ1) is 8.49. The van der Waals surface area contributed by atoms with Crippen molar-refractivity contribution in [1.29, 1.82) is 0 Å². The molecule has 98 valence electrons. The van der Waals surface area contributed by atoms with Gasteiger partial charge in [-0.05, 0) is 52.2 Å². The van der Waals surface area contributed by atoms with Gasteiger partial charge in [-0.3, -0.25) is 0 Å². The Bertz CT molecular complexity index is 547. The Kier molecular flexibility index (Phi) is 3.92.